The predicted molar refractivity (Wildman–Crippen MR) is 86.9 cm³/mol. The molecule has 0 fully saturated rings. The maximum absolute atomic E-state index is 12.5. The van der Waals surface area contributed by atoms with E-state index in [0.29, 0.717) is 0 Å². The van der Waals surface area contributed by atoms with Crippen molar-refractivity contribution in [2.45, 2.75) is 15.3 Å². The molecule has 0 aliphatic carbocycles. The van der Waals surface area contributed by atoms with Crippen molar-refractivity contribution in [1.82, 2.24) is 0 Å². The van der Waals surface area contributed by atoms with Crippen LogP contribution in [0.15, 0.2) is 58.3 Å². The van der Waals surface area contributed by atoms with Gasteiger partial charge in [-0.3, -0.25) is 4.72 Å². The van der Waals surface area contributed by atoms with Gasteiger partial charge in [-0.1, -0.05) is 18.2 Å². The zero-order valence-electron chi connectivity index (χ0n) is 12.7. The van der Waals surface area contributed by atoms with E-state index in [1.807, 2.05) is 0 Å². The van der Waals surface area contributed by atoms with Gasteiger partial charge in [-0.2, -0.15) is 13.2 Å². The summed E-state index contributed by atoms with van der Waals surface area (Å²) in [5.41, 5.74) is -4.73. The minimum absolute atomic E-state index is 0.0612. The first-order valence-electron chi connectivity index (χ1n) is 6.68. The average molecular weight is 391 g/mol. The lowest BCUT2D eigenvalue weighted by Crippen LogP contribution is -2.17. The molecule has 2 rings (SSSR count). The summed E-state index contributed by atoms with van der Waals surface area (Å²) in [5, 5.41) is 0. The van der Waals surface area contributed by atoms with Gasteiger partial charge in [0.2, 0.25) is 0 Å². The number of anilines is 1. The number of methoxy groups -OCH3 is 1. The summed E-state index contributed by atoms with van der Waals surface area (Å²) in [6, 6.07) is 10.2. The normalized spacial score (nSPS) is 11.8. The summed E-state index contributed by atoms with van der Waals surface area (Å²) in [7, 11) is -3.09. The van der Waals surface area contributed by atoms with Gasteiger partial charge in [0.15, 0.2) is 0 Å². The highest BCUT2D eigenvalue weighted by Gasteiger charge is 2.29. The van der Waals surface area contributed by atoms with Gasteiger partial charge in [-0.05, 0) is 42.1 Å². The van der Waals surface area contributed by atoms with Crippen LogP contribution in [0.5, 0.6) is 0 Å². The molecule has 0 aliphatic heterocycles. The topological polar surface area (TPSA) is 72.5 Å². The third kappa shape index (κ3) is 5.13. The lowest BCUT2D eigenvalue weighted by molar-refractivity contribution is -0.0328. The molecule has 0 spiro atoms. The van der Waals surface area contributed by atoms with Crippen molar-refractivity contribution < 1.29 is 31.1 Å². The molecular formula is C15H12F3NO4S2. The Morgan fingerprint density at radius 3 is 2.44 bits per heavy atom. The Kier molecular flexibility index (Phi) is 5.63. The van der Waals surface area contributed by atoms with E-state index in [9.17, 15) is 26.4 Å². The van der Waals surface area contributed by atoms with Crippen molar-refractivity contribution in [3.05, 3.63) is 54.1 Å². The average Bonchev–Trinajstić information content (AvgIpc) is 2.52. The van der Waals surface area contributed by atoms with Crippen LogP contribution in [-0.4, -0.2) is 27.0 Å². The van der Waals surface area contributed by atoms with Gasteiger partial charge in [-0.15, -0.1) is 0 Å². The zero-order chi connectivity index (χ0) is 18.7. The number of carbonyl (C=O) groups is 1. The number of carbonyl (C=O) groups excluding carboxylic acids is 1. The Morgan fingerprint density at radius 1 is 1.12 bits per heavy atom. The largest absolute Gasteiger partial charge is 0.465 e. The Morgan fingerprint density at radius 2 is 1.80 bits per heavy atom. The van der Waals surface area contributed by atoms with Crippen molar-refractivity contribution in [3.63, 3.8) is 0 Å². The fourth-order valence-electron chi connectivity index (χ4n) is 1.95. The summed E-state index contributed by atoms with van der Waals surface area (Å²) in [5.74, 6) is -0.845. The van der Waals surface area contributed by atoms with Crippen LogP contribution in [0.4, 0.5) is 18.9 Å². The number of hydrogen-bond donors (Lipinski definition) is 1. The summed E-state index contributed by atoms with van der Waals surface area (Å²) < 4.78 is 69.0. The molecule has 1 N–H and O–H groups in total. The maximum atomic E-state index is 12.5. The molecule has 0 amide bonds. The van der Waals surface area contributed by atoms with Crippen molar-refractivity contribution in [3.8, 4) is 0 Å². The van der Waals surface area contributed by atoms with Gasteiger partial charge in [0.25, 0.3) is 10.0 Å². The lowest BCUT2D eigenvalue weighted by atomic mass is 10.2. The second-order valence-corrected chi connectivity index (χ2v) is 7.46. The number of alkyl halides is 3. The fraction of sp³-hybridized carbons (Fsp3) is 0.133. The van der Waals surface area contributed by atoms with E-state index in [4.69, 9.17) is 0 Å². The molecule has 0 saturated heterocycles. The second kappa shape index (κ2) is 7.36. The molecule has 134 valence electrons. The standard InChI is InChI=1S/C15H12F3NO4S2/c1-23-14(20)12-7-2-3-8-13(12)25(21,22)19-10-5-4-6-11(9-10)24-15(16,17)18/h2-9,19H,1H3. The van der Waals surface area contributed by atoms with Crippen molar-refractivity contribution in [2.75, 3.05) is 11.8 Å². The number of sulfonamides is 1. The second-order valence-electron chi connectivity index (χ2n) is 4.67. The number of hydrogen-bond acceptors (Lipinski definition) is 5. The third-order valence-corrected chi connectivity index (χ3v) is 5.06. The van der Waals surface area contributed by atoms with E-state index in [-0.39, 0.29) is 32.8 Å². The molecule has 5 nitrogen and oxygen atoms in total. The first-order valence-corrected chi connectivity index (χ1v) is 8.98. The molecule has 10 heteroatoms. The van der Waals surface area contributed by atoms with E-state index in [1.54, 1.807) is 0 Å². The Bertz CT molecular complexity index is 882. The van der Waals surface area contributed by atoms with Gasteiger partial charge in [0.1, 0.15) is 4.90 Å². The molecule has 0 aromatic heterocycles. The minimum Gasteiger partial charge on any atom is -0.465 e. The van der Waals surface area contributed by atoms with Crippen LogP contribution in [0.3, 0.4) is 0 Å². The van der Waals surface area contributed by atoms with Crippen LogP contribution >= 0.6 is 11.8 Å². The smallest absolute Gasteiger partial charge is 0.446 e. The lowest BCUT2D eigenvalue weighted by Gasteiger charge is -2.12. The van der Waals surface area contributed by atoms with E-state index in [2.05, 4.69) is 9.46 Å². The molecule has 0 saturated carbocycles. The van der Waals surface area contributed by atoms with E-state index in [0.717, 1.165) is 13.2 Å². The van der Waals surface area contributed by atoms with Crippen LogP contribution in [0, 0.1) is 0 Å². The van der Waals surface area contributed by atoms with Gasteiger partial charge in [0.05, 0.1) is 12.7 Å². The number of ether oxygens (including phenoxy) is 1. The van der Waals surface area contributed by atoms with Gasteiger partial charge >= 0.3 is 11.5 Å². The molecule has 0 unspecified atom stereocenters. The predicted octanol–water partition coefficient (Wildman–Crippen LogP) is 3.89. The first-order chi connectivity index (χ1) is 11.6. The monoisotopic (exact) mass is 391 g/mol. The van der Waals surface area contributed by atoms with Crippen LogP contribution in [0.1, 0.15) is 10.4 Å². The van der Waals surface area contributed by atoms with E-state index >= 15 is 0 Å². The highest BCUT2D eigenvalue weighted by molar-refractivity contribution is 8.00. The number of nitrogens with one attached hydrogen (secondary N) is 1. The number of esters is 1. The van der Waals surface area contributed by atoms with E-state index < -0.39 is 21.5 Å². The Hall–Kier alpha value is -2.20. The molecule has 0 bridgehead atoms. The Balaban J connectivity index is 2.34. The molecule has 0 atom stereocenters. The third-order valence-electron chi connectivity index (χ3n) is 2.90. The summed E-state index contributed by atoms with van der Waals surface area (Å²) in [4.78, 5) is 11.2. The number of benzene rings is 2. The van der Waals surface area contributed by atoms with E-state index in [1.165, 1.54) is 42.5 Å². The van der Waals surface area contributed by atoms with Crippen LogP contribution in [0.25, 0.3) is 0 Å². The van der Waals surface area contributed by atoms with Gasteiger partial charge in [-0.25, -0.2) is 13.2 Å². The number of halogens is 3. The first kappa shape index (κ1) is 19.1. The van der Waals surface area contributed by atoms with Gasteiger partial charge in [0, 0.05) is 10.6 Å². The zero-order valence-corrected chi connectivity index (χ0v) is 14.3. The SMILES string of the molecule is COC(=O)c1ccccc1S(=O)(=O)Nc1cccc(SC(F)(F)F)c1. The summed E-state index contributed by atoms with van der Waals surface area (Å²) in [6.45, 7) is 0. The molecule has 0 radical (unpaired) electrons. The van der Waals surface area contributed by atoms with Gasteiger partial charge < -0.3 is 4.74 Å². The van der Waals surface area contributed by atoms with Crippen molar-refractivity contribution in [1.29, 1.82) is 0 Å². The van der Waals surface area contributed by atoms with Crippen LogP contribution in [-0.2, 0) is 14.8 Å². The highest BCUT2D eigenvalue weighted by Crippen LogP contribution is 2.37. The quantitative estimate of drug-likeness (QED) is 0.619. The molecule has 2 aromatic carbocycles. The van der Waals surface area contributed by atoms with Crippen LogP contribution in [0.2, 0.25) is 0 Å². The van der Waals surface area contributed by atoms with Crippen LogP contribution < -0.4 is 4.72 Å². The molecule has 25 heavy (non-hydrogen) atoms. The van der Waals surface area contributed by atoms with Crippen molar-refractivity contribution >= 4 is 33.4 Å². The fourth-order valence-corrected chi connectivity index (χ4v) is 3.79. The molecule has 2 aromatic rings. The number of rotatable bonds is 5. The van der Waals surface area contributed by atoms with Crippen molar-refractivity contribution in [2.24, 2.45) is 0 Å². The Labute approximate surface area is 146 Å². The molecular weight excluding hydrogens is 379 g/mol. The number of thioether (sulfide) groups is 1. The maximum Gasteiger partial charge on any atom is 0.446 e. The highest BCUT2D eigenvalue weighted by atomic mass is 32.2. The summed E-state index contributed by atoms with van der Waals surface area (Å²) >= 11 is -0.361. The molecule has 0 heterocycles. The summed E-state index contributed by atoms with van der Waals surface area (Å²) in [6.07, 6.45) is 0. The molecule has 0 aliphatic rings. The minimum atomic E-state index is -4.49.